The quantitative estimate of drug-likeness (QED) is 0.210. The largest absolute Gasteiger partial charge is 0.496 e. The Labute approximate surface area is 245 Å². The number of methoxy groups -OCH3 is 1. The zero-order valence-corrected chi connectivity index (χ0v) is 24.4. The number of ether oxygens (including phenoxy) is 2. The molecule has 1 fully saturated rings. The van der Waals surface area contributed by atoms with Crippen LogP contribution in [0.5, 0.6) is 11.5 Å². The van der Waals surface area contributed by atoms with Gasteiger partial charge in [0.2, 0.25) is 0 Å². The van der Waals surface area contributed by atoms with Gasteiger partial charge in [-0.15, -0.1) is 17.9 Å². The van der Waals surface area contributed by atoms with Crippen LogP contribution in [0.4, 0.5) is 18.0 Å². The number of carboxylic acid groups (broad SMARTS) is 1. The van der Waals surface area contributed by atoms with E-state index in [0.717, 1.165) is 36.0 Å². The average molecular weight is 607 g/mol. The van der Waals surface area contributed by atoms with Crippen molar-refractivity contribution in [2.45, 2.75) is 57.3 Å². The first-order chi connectivity index (χ1) is 19.9. The van der Waals surface area contributed by atoms with E-state index in [1.165, 1.54) is 23.0 Å². The normalized spacial score (nSPS) is 17.2. The summed E-state index contributed by atoms with van der Waals surface area (Å²) in [5.74, 6) is -0.266. The summed E-state index contributed by atoms with van der Waals surface area (Å²) >= 11 is 0.815. The minimum Gasteiger partial charge on any atom is -0.496 e. The Morgan fingerprint density at radius 3 is 2.67 bits per heavy atom. The Hall–Kier alpha value is -3.87. The summed E-state index contributed by atoms with van der Waals surface area (Å²) in [4.78, 5) is 36.6. The molecule has 1 aliphatic heterocycles. The summed E-state index contributed by atoms with van der Waals surface area (Å²) in [6, 6.07) is 3.55. The molecule has 0 aliphatic carbocycles. The number of carbonyl (C=O) groups excluding carboxylic acids is 1. The molecule has 226 valence electrons. The molecule has 2 atom stereocenters. The standard InChI is InChI=1S/C29H33F3N4O5S/c1-5-6-7-8-12-35(3)28(39)36-13-11-18(14-21(36)27(37)38)41-23-15-20(26-34-24(16-42-26)29(30,31)32)33-25-17(2)22(40-4)10-9-19(23)25/h5,9-10,15-16,18,21H,1,6-8,11-14H2,2-4H3,(H,37,38). The molecular weight excluding hydrogens is 573 g/mol. The van der Waals surface area contributed by atoms with Crippen LogP contribution >= 0.6 is 11.3 Å². The van der Waals surface area contributed by atoms with E-state index >= 15 is 0 Å². The van der Waals surface area contributed by atoms with Gasteiger partial charge in [-0.2, -0.15) is 13.2 Å². The summed E-state index contributed by atoms with van der Waals surface area (Å²) < 4.78 is 51.5. The number of urea groups is 1. The molecule has 1 N–H and O–H groups in total. The van der Waals surface area contributed by atoms with Gasteiger partial charge >= 0.3 is 18.2 Å². The topological polar surface area (TPSA) is 105 Å². The smallest absolute Gasteiger partial charge is 0.434 e. The number of alkyl halides is 3. The SMILES string of the molecule is C=CCCCCN(C)C(=O)N1CCC(Oc2cc(-c3nc(C(F)(F)F)cs3)nc3c(C)c(OC)ccc23)CC1C(=O)O. The fourth-order valence-electron chi connectivity index (χ4n) is 4.96. The average Bonchev–Trinajstić information content (AvgIpc) is 3.47. The molecule has 1 aliphatic rings. The van der Waals surface area contributed by atoms with Crippen molar-refractivity contribution in [2.75, 3.05) is 27.2 Å². The number of piperidine rings is 1. The van der Waals surface area contributed by atoms with Gasteiger partial charge in [0.15, 0.2) is 5.69 Å². The molecule has 9 nitrogen and oxygen atoms in total. The van der Waals surface area contributed by atoms with Crippen molar-refractivity contribution in [3.05, 3.63) is 47.5 Å². The zero-order chi connectivity index (χ0) is 30.6. The molecule has 1 saturated heterocycles. The third kappa shape index (κ3) is 6.77. The maximum Gasteiger partial charge on any atom is 0.434 e. The first-order valence-electron chi connectivity index (χ1n) is 13.5. The lowest BCUT2D eigenvalue weighted by atomic mass is 9.99. The summed E-state index contributed by atoms with van der Waals surface area (Å²) in [7, 11) is 3.16. The Kier molecular flexibility index (Phi) is 9.60. The molecule has 0 bridgehead atoms. The molecule has 3 aromatic rings. The highest BCUT2D eigenvalue weighted by molar-refractivity contribution is 7.13. The van der Waals surface area contributed by atoms with Gasteiger partial charge in [0.05, 0.1) is 12.6 Å². The van der Waals surface area contributed by atoms with Crippen molar-refractivity contribution in [3.63, 3.8) is 0 Å². The van der Waals surface area contributed by atoms with E-state index in [9.17, 15) is 27.9 Å². The maximum atomic E-state index is 13.3. The number of likely N-dealkylation sites (tertiary alicyclic amines) is 1. The minimum atomic E-state index is -4.60. The second-order valence-electron chi connectivity index (χ2n) is 10.1. The molecule has 2 amide bonds. The molecule has 2 unspecified atom stereocenters. The number of benzene rings is 1. The minimum absolute atomic E-state index is 0.0368. The number of pyridine rings is 1. The highest BCUT2D eigenvalue weighted by atomic mass is 32.1. The Morgan fingerprint density at radius 2 is 2.02 bits per heavy atom. The van der Waals surface area contributed by atoms with Gasteiger partial charge in [0, 0.05) is 55.4 Å². The molecule has 1 aromatic carbocycles. The number of aliphatic carboxylic acids is 1. The lowest BCUT2D eigenvalue weighted by molar-refractivity contribution is -0.145. The van der Waals surface area contributed by atoms with Crippen LogP contribution in [0, 0.1) is 6.92 Å². The van der Waals surface area contributed by atoms with Crippen molar-refractivity contribution >= 4 is 34.2 Å². The number of allylic oxidation sites excluding steroid dienone is 1. The summed E-state index contributed by atoms with van der Waals surface area (Å²) in [6.07, 6.45) is -0.458. The van der Waals surface area contributed by atoms with E-state index in [1.54, 1.807) is 26.1 Å². The van der Waals surface area contributed by atoms with E-state index in [0.29, 0.717) is 40.9 Å². The Morgan fingerprint density at radius 1 is 1.26 bits per heavy atom. The number of hydrogen-bond donors (Lipinski definition) is 1. The van der Waals surface area contributed by atoms with E-state index in [-0.39, 0.29) is 29.7 Å². The lowest BCUT2D eigenvalue weighted by Crippen LogP contribution is -2.55. The molecule has 0 saturated carbocycles. The van der Waals surface area contributed by atoms with Gasteiger partial charge in [0.25, 0.3) is 0 Å². The van der Waals surface area contributed by atoms with E-state index in [1.807, 2.05) is 6.08 Å². The third-order valence-electron chi connectivity index (χ3n) is 7.24. The number of amides is 2. The highest BCUT2D eigenvalue weighted by Gasteiger charge is 2.39. The van der Waals surface area contributed by atoms with Crippen LogP contribution in [0.1, 0.15) is 43.4 Å². The Bertz CT molecular complexity index is 1460. The first kappa shape index (κ1) is 31.1. The number of halogens is 3. The van der Waals surface area contributed by atoms with E-state index in [4.69, 9.17) is 9.47 Å². The predicted octanol–water partition coefficient (Wildman–Crippen LogP) is 6.40. The summed E-state index contributed by atoms with van der Waals surface area (Å²) in [5.41, 5.74) is 0.302. The molecule has 0 radical (unpaired) electrons. The maximum absolute atomic E-state index is 13.3. The fourth-order valence-corrected chi connectivity index (χ4v) is 5.75. The van der Waals surface area contributed by atoms with Crippen LogP contribution in [-0.2, 0) is 11.0 Å². The number of aromatic nitrogens is 2. The number of unbranched alkanes of at least 4 members (excludes halogenated alkanes) is 2. The monoisotopic (exact) mass is 606 g/mol. The summed E-state index contributed by atoms with van der Waals surface area (Å²) in [6.45, 7) is 6.14. The van der Waals surface area contributed by atoms with Crippen LogP contribution < -0.4 is 9.47 Å². The molecule has 0 spiro atoms. The summed E-state index contributed by atoms with van der Waals surface area (Å²) in [5, 5.41) is 11.6. The third-order valence-corrected chi connectivity index (χ3v) is 8.10. The van der Waals surface area contributed by atoms with Crippen LogP contribution in [0.15, 0.2) is 36.2 Å². The Balaban J connectivity index is 1.61. The highest BCUT2D eigenvalue weighted by Crippen LogP contribution is 2.39. The fraction of sp³-hybridized carbons (Fsp3) is 0.448. The predicted molar refractivity (Wildman–Crippen MR) is 153 cm³/mol. The second-order valence-corrected chi connectivity index (χ2v) is 11.0. The van der Waals surface area contributed by atoms with Gasteiger partial charge in [-0.3, -0.25) is 0 Å². The van der Waals surface area contributed by atoms with Gasteiger partial charge in [-0.05, 0) is 38.3 Å². The van der Waals surface area contributed by atoms with Gasteiger partial charge in [-0.25, -0.2) is 19.6 Å². The molecule has 4 rings (SSSR count). The molecule has 42 heavy (non-hydrogen) atoms. The molecule has 3 heterocycles. The molecular formula is C29H33F3N4O5S. The van der Waals surface area contributed by atoms with Crippen LogP contribution in [0.3, 0.4) is 0 Å². The first-order valence-corrected chi connectivity index (χ1v) is 14.4. The van der Waals surface area contributed by atoms with Crippen molar-refractivity contribution in [1.29, 1.82) is 0 Å². The van der Waals surface area contributed by atoms with Crippen molar-refractivity contribution in [2.24, 2.45) is 0 Å². The number of aryl methyl sites for hydroxylation is 1. The van der Waals surface area contributed by atoms with Crippen molar-refractivity contribution in [3.8, 4) is 22.2 Å². The molecule has 2 aromatic heterocycles. The number of nitrogens with zero attached hydrogens (tertiary/aromatic N) is 4. The zero-order valence-electron chi connectivity index (χ0n) is 23.6. The van der Waals surface area contributed by atoms with Gasteiger partial charge < -0.3 is 24.4 Å². The number of fused-ring (bicyclic) bond motifs is 1. The number of rotatable bonds is 10. The van der Waals surface area contributed by atoms with Crippen LogP contribution in [-0.4, -0.2) is 76.3 Å². The van der Waals surface area contributed by atoms with E-state index < -0.39 is 30.0 Å². The van der Waals surface area contributed by atoms with Crippen LogP contribution in [0.2, 0.25) is 0 Å². The second kappa shape index (κ2) is 13.0. The number of hydrogen-bond acceptors (Lipinski definition) is 7. The van der Waals surface area contributed by atoms with Gasteiger partial charge in [0.1, 0.15) is 34.3 Å². The van der Waals surface area contributed by atoms with Crippen molar-refractivity contribution in [1.82, 2.24) is 19.8 Å². The van der Waals surface area contributed by atoms with Crippen LogP contribution in [0.25, 0.3) is 21.6 Å². The van der Waals surface area contributed by atoms with Crippen molar-refractivity contribution < 1.29 is 37.3 Å². The number of thiazole rings is 1. The number of carbonyl (C=O) groups is 2. The number of carboxylic acids is 1. The molecule has 13 heteroatoms. The van der Waals surface area contributed by atoms with Gasteiger partial charge in [-0.1, -0.05) is 6.08 Å². The van der Waals surface area contributed by atoms with E-state index in [2.05, 4.69) is 16.5 Å². The lowest BCUT2D eigenvalue weighted by Gasteiger charge is -2.39.